The van der Waals surface area contributed by atoms with E-state index in [1.54, 1.807) is 0 Å². The molecular formula is C15H21N3O2. The summed E-state index contributed by atoms with van der Waals surface area (Å²) in [5.74, 6) is 2.26. The van der Waals surface area contributed by atoms with Gasteiger partial charge in [-0.1, -0.05) is 0 Å². The standard InChI is InChI=1S/C15H21N3O2/c16-6-13-12(15(19)20)7-17-18(13)14-10-2-8-1-9(4-10)5-11(14)3-8/h7-11,14H,1-6,16H2,(H,19,20). The van der Waals surface area contributed by atoms with Crippen molar-refractivity contribution in [3.8, 4) is 0 Å². The van der Waals surface area contributed by atoms with Crippen LogP contribution in [0.1, 0.15) is 54.2 Å². The normalized spacial score (nSPS) is 38.4. The number of carboxylic acids is 1. The van der Waals surface area contributed by atoms with Gasteiger partial charge in [-0.15, -0.1) is 0 Å². The Kier molecular flexibility index (Phi) is 2.67. The predicted molar refractivity (Wildman–Crippen MR) is 73.2 cm³/mol. The van der Waals surface area contributed by atoms with E-state index in [0.717, 1.165) is 11.8 Å². The Morgan fingerprint density at radius 1 is 1.25 bits per heavy atom. The van der Waals surface area contributed by atoms with Crippen LogP contribution in [0.2, 0.25) is 0 Å². The first-order valence-corrected chi connectivity index (χ1v) is 7.67. The number of aromatic nitrogens is 2. The molecule has 0 saturated heterocycles. The highest BCUT2D eigenvalue weighted by atomic mass is 16.4. The molecule has 1 aromatic rings. The van der Waals surface area contributed by atoms with Crippen LogP contribution < -0.4 is 5.73 Å². The lowest BCUT2D eigenvalue weighted by atomic mass is 9.54. The molecule has 5 heteroatoms. The molecule has 1 aromatic heterocycles. The van der Waals surface area contributed by atoms with Crippen molar-refractivity contribution in [3.05, 3.63) is 17.5 Å². The Balaban J connectivity index is 1.73. The van der Waals surface area contributed by atoms with E-state index in [4.69, 9.17) is 5.73 Å². The minimum absolute atomic E-state index is 0.254. The molecule has 4 bridgehead atoms. The molecule has 0 aliphatic heterocycles. The van der Waals surface area contributed by atoms with Crippen LogP contribution in [0.25, 0.3) is 0 Å². The molecule has 20 heavy (non-hydrogen) atoms. The lowest BCUT2D eigenvalue weighted by molar-refractivity contribution is -0.0346. The summed E-state index contributed by atoms with van der Waals surface area (Å²) in [6.07, 6.45) is 8.08. The van der Waals surface area contributed by atoms with Gasteiger partial charge in [0.05, 0.1) is 17.9 Å². The Morgan fingerprint density at radius 2 is 1.85 bits per heavy atom. The number of nitrogens with two attached hydrogens (primary N) is 1. The fraction of sp³-hybridized carbons (Fsp3) is 0.733. The van der Waals surface area contributed by atoms with E-state index in [1.165, 1.54) is 38.3 Å². The average Bonchev–Trinajstić information content (AvgIpc) is 2.81. The number of nitrogens with zero attached hydrogens (tertiary/aromatic N) is 2. The van der Waals surface area contributed by atoms with E-state index in [1.807, 2.05) is 4.68 Å². The fourth-order valence-corrected chi connectivity index (χ4v) is 5.32. The van der Waals surface area contributed by atoms with Crippen molar-refractivity contribution in [1.82, 2.24) is 9.78 Å². The molecule has 0 radical (unpaired) electrons. The van der Waals surface area contributed by atoms with Gasteiger partial charge in [0.25, 0.3) is 0 Å². The van der Waals surface area contributed by atoms with Crippen LogP contribution in [0.5, 0.6) is 0 Å². The van der Waals surface area contributed by atoms with E-state index in [2.05, 4.69) is 5.10 Å². The van der Waals surface area contributed by atoms with Gasteiger partial charge in [-0.25, -0.2) is 4.79 Å². The molecule has 1 heterocycles. The van der Waals surface area contributed by atoms with Gasteiger partial charge in [0.2, 0.25) is 0 Å². The van der Waals surface area contributed by atoms with Crippen LogP contribution in [-0.4, -0.2) is 20.9 Å². The van der Waals surface area contributed by atoms with Crippen molar-refractivity contribution < 1.29 is 9.90 Å². The van der Waals surface area contributed by atoms with Crippen LogP contribution in [0.3, 0.4) is 0 Å². The lowest BCUT2D eigenvalue weighted by Crippen LogP contribution is -2.46. The molecule has 4 fully saturated rings. The van der Waals surface area contributed by atoms with E-state index in [9.17, 15) is 9.90 Å². The summed E-state index contributed by atoms with van der Waals surface area (Å²) in [7, 11) is 0. The number of hydrogen-bond acceptors (Lipinski definition) is 3. The third-order valence-electron chi connectivity index (χ3n) is 5.78. The molecular weight excluding hydrogens is 254 g/mol. The Bertz CT molecular complexity index is 523. The van der Waals surface area contributed by atoms with Gasteiger partial charge in [-0.2, -0.15) is 5.10 Å². The zero-order valence-electron chi connectivity index (χ0n) is 11.5. The van der Waals surface area contributed by atoms with Crippen LogP contribution in [0.4, 0.5) is 0 Å². The van der Waals surface area contributed by atoms with E-state index in [-0.39, 0.29) is 12.1 Å². The maximum absolute atomic E-state index is 11.3. The zero-order chi connectivity index (χ0) is 13.9. The van der Waals surface area contributed by atoms with Crippen LogP contribution >= 0.6 is 0 Å². The molecule has 0 aromatic carbocycles. The van der Waals surface area contributed by atoms with E-state index in [0.29, 0.717) is 23.6 Å². The predicted octanol–water partition coefficient (Wildman–Crippen LogP) is 2.04. The van der Waals surface area contributed by atoms with Crippen molar-refractivity contribution in [2.75, 3.05) is 0 Å². The number of aromatic carboxylic acids is 1. The van der Waals surface area contributed by atoms with E-state index >= 15 is 0 Å². The molecule has 3 N–H and O–H groups in total. The molecule has 0 amide bonds. The topological polar surface area (TPSA) is 81.1 Å². The molecule has 4 saturated carbocycles. The van der Waals surface area contributed by atoms with Gasteiger partial charge in [0.1, 0.15) is 5.56 Å². The summed E-state index contributed by atoms with van der Waals surface area (Å²) in [5, 5.41) is 13.7. The second-order valence-corrected chi connectivity index (χ2v) is 6.88. The van der Waals surface area contributed by atoms with Gasteiger partial charge < -0.3 is 10.8 Å². The monoisotopic (exact) mass is 275 g/mol. The summed E-state index contributed by atoms with van der Waals surface area (Å²) in [4.78, 5) is 11.3. The molecule has 0 atom stereocenters. The highest BCUT2D eigenvalue weighted by Gasteiger charge is 2.49. The minimum Gasteiger partial charge on any atom is -0.478 e. The number of rotatable bonds is 3. The van der Waals surface area contributed by atoms with Gasteiger partial charge in [0.15, 0.2) is 0 Å². The van der Waals surface area contributed by atoms with Crippen molar-refractivity contribution in [2.45, 2.75) is 44.7 Å². The molecule has 5 nitrogen and oxygen atoms in total. The first kappa shape index (κ1) is 12.4. The van der Waals surface area contributed by atoms with Gasteiger partial charge in [0, 0.05) is 6.54 Å². The number of carboxylic acid groups (broad SMARTS) is 1. The smallest absolute Gasteiger partial charge is 0.339 e. The van der Waals surface area contributed by atoms with Gasteiger partial charge in [-0.05, 0) is 55.8 Å². The van der Waals surface area contributed by atoms with Crippen molar-refractivity contribution >= 4 is 5.97 Å². The number of hydrogen-bond donors (Lipinski definition) is 2. The highest BCUT2D eigenvalue weighted by molar-refractivity contribution is 5.88. The molecule has 0 spiro atoms. The molecule has 5 rings (SSSR count). The highest BCUT2D eigenvalue weighted by Crippen LogP contribution is 2.58. The third kappa shape index (κ3) is 1.65. The molecule has 108 valence electrons. The van der Waals surface area contributed by atoms with Crippen LogP contribution in [0.15, 0.2) is 6.20 Å². The maximum atomic E-state index is 11.3. The second-order valence-electron chi connectivity index (χ2n) is 6.88. The van der Waals surface area contributed by atoms with Gasteiger partial charge in [-0.3, -0.25) is 4.68 Å². The summed E-state index contributed by atoms with van der Waals surface area (Å²) < 4.78 is 1.97. The SMILES string of the molecule is NCc1c(C(=O)O)cnn1C1C2CC3CC(C2)CC1C3. The lowest BCUT2D eigenvalue weighted by Gasteiger charge is -2.54. The van der Waals surface area contributed by atoms with Crippen molar-refractivity contribution in [3.63, 3.8) is 0 Å². The Hall–Kier alpha value is -1.36. The molecule has 4 aliphatic rings. The Morgan fingerprint density at radius 3 is 2.35 bits per heavy atom. The summed E-state index contributed by atoms with van der Waals surface area (Å²) in [5.41, 5.74) is 6.79. The Labute approximate surface area is 118 Å². The number of carbonyl (C=O) groups is 1. The van der Waals surface area contributed by atoms with Crippen molar-refractivity contribution in [1.29, 1.82) is 0 Å². The zero-order valence-corrected chi connectivity index (χ0v) is 11.5. The quantitative estimate of drug-likeness (QED) is 0.884. The average molecular weight is 275 g/mol. The summed E-state index contributed by atoms with van der Waals surface area (Å²) >= 11 is 0. The second kappa shape index (κ2) is 4.32. The molecule has 4 aliphatic carbocycles. The minimum atomic E-state index is -0.916. The van der Waals surface area contributed by atoms with Crippen molar-refractivity contribution in [2.24, 2.45) is 29.4 Å². The van der Waals surface area contributed by atoms with Gasteiger partial charge >= 0.3 is 5.97 Å². The van der Waals surface area contributed by atoms with Crippen LogP contribution in [-0.2, 0) is 6.54 Å². The summed E-state index contributed by atoms with van der Waals surface area (Å²) in [6.45, 7) is 0.254. The summed E-state index contributed by atoms with van der Waals surface area (Å²) in [6, 6.07) is 0.384. The largest absolute Gasteiger partial charge is 0.478 e. The van der Waals surface area contributed by atoms with Crippen LogP contribution in [0, 0.1) is 23.7 Å². The third-order valence-corrected chi connectivity index (χ3v) is 5.78. The molecule has 0 unspecified atom stereocenters. The fourth-order valence-electron chi connectivity index (χ4n) is 5.32. The van der Waals surface area contributed by atoms with E-state index < -0.39 is 5.97 Å². The first-order chi connectivity index (χ1) is 9.67. The first-order valence-electron chi connectivity index (χ1n) is 7.67. The maximum Gasteiger partial charge on any atom is 0.339 e.